The van der Waals surface area contributed by atoms with Gasteiger partial charge in [0.05, 0.1) is 0 Å². The summed E-state index contributed by atoms with van der Waals surface area (Å²) in [5.41, 5.74) is 4.76. The molecule has 0 saturated carbocycles. The Kier molecular flexibility index (Phi) is 2.73. The van der Waals surface area contributed by atoms with Gasteiger partial charge in [0.15, 0.2) is 0 Å². The molecule has 0 aliphatic rings. The maximum atomic E-state index is 10.3. The van der Waals surface area contributed by atoms with E-state index in [-0.39, 0.29) is 16.1 Å². The Morgan fingerprint density at radius 1 is 1.42 bits per heavy atom. The third-order valence-corrected chi connectivity index (χ3v) is 1.34. The minimum absolute atomic E-state index is 0.138. The van der Waals surface area contributed by atoms with E-state index in [0.717, 1.165) is 0 Å². The number of amides is 1. The molecule has 0 fully saturated rings. The number of rotatable bonds is 1. The van der Waals surface area contributed by atoms with Crippen molar-refractivity contribution in [1.29, 1.82) is 0 Å². The molecule has 0 saturated heterocycles. The summed E-state index contributed by atoms with van der Waals surface area (Å²) in [7, 11) is 0. The quantitative estimate of drug-likeness (QED) is 0.714. The molecular formula is C6H4Cl2N2O2. The van der Waals surface area contributed by atoms with Crippen LogP contribution in [0.1, 0.15) is 0 Å². The van der Waals surface area contributed by atoms with Crippen molar-refractivity contribution in [3.63, 3.8) is 0 Å². The van der Waals surface area contributed by atoms with Crippen molar-refractivity contribution < 1.29 is 9.53 Å². The van der Waals surface area contributed by atoms with Gasteiger partial charge in [-0.25, -0.2) is 9.78 Å². The van der Waals surface area contributed by atoms with Crippen molar-refractivity contribution in [2.24, 2.45) is 5.73 Å². The van der Waals surface area contributed by atoms with E-state index < -0.39 is 6.09 Å². The van der Waals surface area contributed by atoms with E-state index in [9.17, 15) is 4.79 Å². The summed E-state index contributed by atoms with van der Waals surface area (Å²) >= 11 is 11.0. The van der Waals surface area contributed by atoms with Crippen molar-refractivity contribution in [2.45, 2.75) is 0 Å². The lowest BCUT2D eigenvalue weighted by Crippen LogP contribution is -2.16. The number of carbonyl (C=O) groups excluding carboxylic acids is 1. The molecule has 0 aromatic carbocycles. The molecule has 0 aliphatic heterocycles. The van der Waals surface area contributed by atoms with Crippen molar-refractivity contribution in [3.8, 4) is 5.75 Å². The van der Waals surface area contributed by atoms with Gasteiger partial charge in [-0.05, 0) is 0 Å². The van der Waals surface area contributed by atoms with Gasteiger partial charge in [0, 0.05) is 12.1 Å². The normalized spacial score (nSPS) is 9.50. The summed E-state index contributed by atoms with van der Waals surface area (Å²) < 4.78 is 4.51. The highest BCUT2D eigenvalue weighted by Crippen LogP contribution is 2.20. The summed E-state index contributed by atoms with van der Waals surface area (Å²) in [6.07, 6.45) is -0.923. The molecular weight excluding hydrogens is 203 g/mol. The average molecular weight is 207 g/mol. The first kappa shape index (κ1) is 9.09. The molecule has 1 aromatic rings. The molecule has 1 heterocycles. The standard InChI is InChI=1S/C6H4Cl2N2O2/c7-4-1-3(12-6(9)11)2-5(8)10-4/h1-2H,(H2,9,11). The number of hydrogen-bond donors (Lipinski definition) is 1. The number of nitrogens with zero attached hydrogens (tertiary/aromatic N) is 1. The number of halogens is 2. The van der Waals surface area contributed by atoms with E-state index in [4.69, 9.17) is 28.9 Å². The maximum absolute atomic E-state index is 10.3. The number of pyridine rings is 1. The van der Waals surface area contributed by atoms with E-state index in [0.29, 0.717) is 0 Å². The number of primary amides is 1. The fourth-order valence-electron chi connectivity index (χ4n) is 0.618. The highest BCUT2D eigenvalue weighted by molar-refractivity contribution is 6.32. The van der Waals surface area contributed by atoms with Crippen molar-refractivity contribution in [2.75, 3.05) is 0 Å². The Hall–Kier alpha value is -1.00. The average Bonchev–Trinajstić information content (AvgIpc) is 1.81. The van der Waals surface area contributed by atoms with Gasteiger partial charge in [-0.15, -0.1) is 0 Å². The van der Waals surface area contributed by atoms with E-state index >= 15 is 0 Å². The van der Waals surface area contributed by atoms with Gasteiger partial charge in [0.2, 0.25) is 0 Å². The van der Waals surface area contributed by atoms with Gasteiger partial charge in [-0.3, -0.25) is 0 Å². The Bertz CT molecular complexity index is 296. The van der Waals surface area contributed by atoms with Crippen LogP contribution in [0.4, 0.5) is 4.79 Å². The van der Waals surface area contributed by atoms with Gasteiger partial charge in [-0.1, -0.05) is 23.2 Å². The van der Waals surface area contributed by atoms with Crippen LogP contribution < -0.4 is 10.5 Å². The minimum Gasteiger partial charge on any atom is -0.410 e. The summed E-state index contributed by atoms with van der Waals surface area (Å²) in [6.45, 7) is 0. The van der Waals surface area contributed by atoms with Gasteiger partial charge < -0.3 is 10.5 Å². The Morgan fingerprint density at radius 2 is 1.92 bits per heavy atom. The summed E-state index contributed by atoms with van der Waals surface area (Å²) in [5, 5.41) is 0.275. The molecule has 1 rings (SSSR count). The SMILES string of the molecule is NC(=O)Oc1cc(Cl)nc(Cl)c1. The molecule has 0 radical (unpaired) electrons. The summed E-state index contributed by atoms with van der Waals surface area (Å²) in [6, 6.07) is 2.66. The number of ether oxygens (including phenoxy) is 1. The van der Waals surface area contributed by atoms with Crippen LogP contribution in [0.25, 0.3) is 0 Å². The Morgan fingerprint density at radius 3 is 2.33 bits per heavy atom. The smallest absolute Gasteiger partial charge is 0.409 e. The molecule has 0 unspecified atom stereocenters. The molecule has 2 N–H and O–H groups in total. The van der Waals surface area contributed by atoms with Crippen LogP contribution in [-0.4, -0.2) is 11.1 Å². The van der Waals surface area contributed by atoms with Crippen LogP contribution in [0.15, 0.2) is 12.1 Å². The fourth-order valence-corrected chi connectivity index (χ4v) is 1.06. The second-order valence-electron chi connectivity index (χ2n) is 1.87. The first-order valence-electron chi connectivity index (χ1n) is 2.88. The lowest BCUT2D eigenvalue weighted by atomic mass is 10.4. The number of nitrogens with two attached hydrogens (primary N) is 1. The van der Waals surface area contributed by atoms with Gasteiger partial charge >= 0.3 is 6.09 Å². The highest BCUT2D eigenvalue weighted by Gasteiger charge is 2.02. The van der Waals surface area contributed by atoms with E-state index in [2.05, 4.69) is 9.72 Å². The first-order valence-corrected chi connectivity index (χ1v) is 3.64. The van der Waals surface area contributed by atoms with Crippen LogP contribution in [0.5, 0.6) is 5.75 Å². The maximum Gasteiger partial charge on any atom is 0.409 e. The van der Waals surface area contributed by atoms with E-state index in [1.165, 1.54) is 12.1 Å². The van der Waals surface area contributed by atoms with Gasteiger partial charge in [-0.2, -0.15) is 0 Å². The Labute approximate surface area is 78.2 Å². The molecule has 1 amide bonds. The van der Waals surface area contributed by atoms with Gasteiger partial charge in [0.1, 0.15) is 16.1 Å². The summed E-state index contributed by atoms with van der Waals surface area (Å²) in [4.78, 5) is 13.9. The van der Waals surface area contributed by atoms with Crippen molar-refractivity contribution in [1.82, 2.24) is 4.98 Å². The summed E-state index contributed by atoms with van der Waals surface area (Å²) in [5.74, 6) is 0.174. The molecule has 12 heavy (non-hydrogen) atoms. The Balaban J connectivity index is 2.93. The number of carbonyl (C=O) groups is 1. The largest absolute Gasteiger partial charge is 0.410 e. The third-order valence-electron chi connectivity index (χ3n) is 0.955. The van der Waals surface area contributed by atoms with Crippen LogP contribution in [0, 0.1) is 0 Å². The lowest BCUT2D eigenvalue weighted by Gasteiger charge is -2.00. The highest BCUT2D eigenvalue weighted by atomic mass is 35.5. The predicted octanol–water partition coefficient (Wildman–Crippen LogP) is 1.85. The molecule has 0 aliphatic carbocycles. The monoisotopic (exact) mass is 206 g/mol. The second-order valence-corrected chi connectivity index (χ2v) is 2.64. The van der Waals surface area contributed by atoms with Crippen LogP contribution >= 0.6 is 23.2 Å². The molecule has 1 aromatic heterocycles. The minimum atomic E-state index is -0.923. The fraction of sp³-hybridized carbons (Fsp3) is 0. The lowest BCUT2D eigenvalue weighted by molar-refractivity contribution is 0.211. The van der Waals surface area contributed by atoms with Crippen LogP contribution in [0.3, 0.4) is 0 Å². The van der Waals surface area contributed by atoms with Gasteiger partial charge in [0.25, 0.3) is 0 Å². The molecule has 64 valence electrons. The third kappa shape index (κ3) is 2.56. The zero-order valence-electron chi connectivity index (χ0n) is 5.75. The topological polar surface area (TPSA) is 65.2 Å². The van der Waals surface area contributed by atoms with Crippen LogP contribution in [-0.2, 0) is 0 Å². The molecule has 0 atom stereocenters. The number of aromatic nitrogens is 1. The molecule has 0 spiro atoms. The molecule has 6 heteroatoms. The van der Waals surface area contributed by atoms with Crippen molar-refractivity contribution in [3.05, 3.63) is 22.4 Å². The molecule has 4 nitrogen and oxygen atoms in total. The van der Waals surface area contributed by atoms with E-state index in [1.54, 1.807) is 0 Å². The van der Waals surface area contributed by atoms with E-state index in [1.807, 2.05) is 0 Å². The number of hydrogen-bond acceptors (Lipinski definition) is 3. The predicted molar refractivity (Wildman–Crippen MR) is 44.5 cm³/mol. The molecule has 0 bridgehead atoms. The zero-order chi connectivity index (χ0) is 9.14. The van der Waals surface area contributed by atoms with Crippen molar-refractivity contribution >= 4 is 29.3 Å². The zero-order valence-corrected chi connectivity index (χ0v) is 7.26. The first-order chi connectivity index (χ1) is 5.58. The second kappa shape index (κ2) is 3.60. The van der Waals surface area contributed by atoms with Crippen LogP contribution in [0.2, 0.25) is 10.3 Å².